The number of hydrogen-bond donors (Lipinski definition) is 2. The van der Waals surface area contributed by atoms with Crippen LogP contribution in [0.4, 0.5) is 16.2 Å². The number of rotatable bonds is 6. The summed E-state index contributed by atoms with van der Waals surface area (Å²) in [6.45, 7) is 6.65. The molecule has 2 aromatic rings. The van der Waals surface area contributed by atoms with Crippen LogP contribution in [0.5, 0.6) is 5.75 Å². The summed E-state index contributed by atoms with van der Waals surface area (Å²) in [5.74, 6) is -0.703. The van der Waals surface area contributed by atoms with E-state index in [2.05, 4.69) is 10.6 Å². The Morgan fingerprint density at radius 2 is 1.73 bits per heavy atom. The summed E-state index contributed by atoms with van der Waals surface area (Å²) in [5, 5.41) is 5.20. The molecule has 0 aliphatic carbocycles. The fraction of sp³-hybridized carbons (Fsp3) is 0.318. The Morgan fingerprint density at radius 3 is 2.40 bits per heavy atom. The first kappa shape index (κ1) is 22.7. The number of hydrogen-bond acceptors (Lipinski definition) is 6. The lowest BCUT2D eigenvalue weighted by Crippen LogP contribution is -2.27. The monoisotopic (exact) mass is 414 g/mol. The van der Waals surface area contributed by atoms with E-state index in [4.69, 9.17) is 14.2 Å². The smallest absolute Gasteiger partial charge is 0.412 e. The number of benzene rings is 2. The fourth-order valence-corrected chi connectivity index (χ4v) is 2.47. The van der Waals surface area contributed by atoms with Gasteiger partial charge in [-0.25, -0.2) is 9.59 Å². The van der Waals surface area contributed by atoms with E-state index in [9.17, 15) is 14.4 Å². The lowest BCUT2D eigenvalue weighted by molar-refractivity contribution is -0.119. The summed E-state index contributed by atoms with van der Waals surface area (Å²) < 4.78 is 15.4. The highest BCUT2D eigenvalue weighted by molar-refractivity contribution is 5.97. The highest BCUT2D eigenvalue weighted by atomic mass is 16.6. The van der Waals surface area contributed by atoms with Crippen molar-refractivity contribution in [3.63, 3.8) is 0 Å². The summed E-state index contributed by atoms with van der Waals surface area (Å²) in [7, 11) is 1.50. The van der Waals surface area contributed by atoms with Gasteiger partial charge < -0.3 is 19.5 Å². The van der Waals surface area contributed by atoms with E-state index in [-0.39, 0.29) is 5.56 Å². The average Bonchev–Trinajstić information content (AvgIpc) is 2.65. The van der Waals surface area contributed by atoms with Crippen LogP contribution in [0.15, 0.2) is 42.5 Å². The van der Waals surface area contributed by atoms with Gasteiger partial charge in [0.05, 0.1) is 18.4 Å². The maximum absolute atomic E-state index is 12.3. The summed E-state index contributed by atoms with van der Waals surface area (Å²) in [6.07, 6.45) is -0.639. The predicted molar refractivity (Wildman–Crippen MR) is 113 cm³/mol. The molecule has 2 rings (SSSR count). The zero-order chi connectivity index (χ0) is 22.3. The quantitative estimate of drug-likeness (QED) is 0.689. The number of esters is 1. The van der Waals surface area contributed by atoms with Crippen molar-refractivity contribution < 1.29 is 28.6 Å². The number of methoxy groups -OCH3 is 1. The minimum absolute atomic E-state index is 0.185. The maximum Gasteiger partial charge on any atom is 0.412 e. The molecule has 160 valence electrons. The molecule has 0 saturated heterocycles. The van der Waals surface area contributed by atoms with Crippen LogP contribution in [0, 0.1) is 6.92 Å². The second kappa shape index (κ2) is 9.78. The molecule has 0 spiro atoms. The van der Waals surface area contributed by atoms with E-state index in [1.807, 2.05) is 13.0 Å². The molecule has 2 N–H and O–H groups in total. The van der Waals surface area contributed by atoms with Crippen molar-refractivity contribution in [2.24, 2.45) is 0 Å². The molecule has 0 radical (unpaired) electrons. The van der Waals surface area contributed by atoms with Crippen molar-refractivity contribution in [2.75, 3.05) is 24.4 Å². The van der Waals surface area contributed by atoms with Gasteiger partial charge >= 0.3 is 12.1 Å². The van der Waals surface area contributed by atoms with Crippen molar-refractivity contribution in [3.05, 3.63) is 53.6 Å². The summed E-state index contributed by atoms with van der Waals surface area (Å²) in [4.78, 5) is 36.3. The number of carbonyl (C=O) groups is 3. The minimum Gasteiger partial charge on any atom is -0.495 e. The molecule has 0 aromatic heterocycles. The van der Waals surface area contributed by atoms with Crippen molar-refractivity contribution in [1.29, 1.82) is 0 Å². The van der Waals surface area contributed by atoms with Gasteiger partial charge in [-0.3, -0.25) is 10.1 Å². The molecule has 0 fully saturated rings. The van der Waals surface area contributed by atoms with Gasteiger partial charge in [0.2, 0.25) is 0 Å². The van der Waals surface area contributed by atoms with Crippen LogP contribution < -0.4 is 15.4 Å². The van der Waals surface area contributed by atoms with Crippen molar-refractivity contribution in [3.8, 4) is 5.75 Å². The van der Waals surface area contributed by atoms with Crippen LogP contribution in [-0.4, -0.2) is 37.3 Å². The molecule has 0 saturated carbocycles. The first-order valence-electron chi connectivity index (χ1n) is 9.29. The molecule has 0 aliphatic rings. The largest absolute Gasteiger partial charge is 0.495 e. The van der Waals surface area contributed by atoms with Crippen LogP contribution in [0.3, 0.4) is 0 Å². The third-order valence-corrected chi connectivity index (χ3v) is 3.71. The van der Waals surface area contributed by atoms with Crippen LogP contribution in [0.2, 0.25) is 0 Å². The van der Waals surface area contributed by atoms with E-state index in [0.717, 1.165) is 5.56 Å². The SMILES string of the molecule is COc1ccc(C)cc1NC(=O)COC(=O)c1cccc(NC(=O)OC(C)(C)C)c1. The minimum atomic E-state index is -0.700. The van der Waals surface area contributed by atoms with Gasteiger partial charge in [-0.05, 0) is 63.6 Å². The van der Waals surface area contributed by atoms with Gasteiger partial charge in [-0.15, -0.1) is 0 Å². The van der Waals surface area contributed by atoms with Crippen molar-refractivity contribution in [1.82, 2.24) is 0 Å². The Balaban J connectivity index is 1.94. The predicted octanol–water partition coefficient (Wildman–Crippen LogP) is 4.15. The van der Waals surface area contributed by atoms with E-state index in [1.165, 1.54) is 19.2 Å². The summed E-state index contributed by atoms with van der Waals surface area (Å²) >= 11 is 0. The van der Waals surface area contributed by atoms with Gasteiger partial charge in [-0.1, -0.05) is 12.1 Å². The highest BCUT2D eigenvalue weighted by Crippen LogP contribution is 2.25. The van der Waals surface area contributed by atoms with Crippen LogP contribution in [0.25, 0.3) is 0 Å². The number of nitrogens with one attached hydrogen (secondary N) is 2. The van der Waals surface area contributed by atoms with E-state index in [1.54, 1.807) is 45.0 Å². The summed E-state index contributed by atoms with van der Waals surface area (Å²) in [6, 6.07) is 11.5. The molecule has 8 nitrogen and oxygen atoms in total. The first-order valence-corrected chi connectivity index (χ1v) is 9.29. The Hall–Kier alpha value is -3.55. The number of amides is 2. The van der Waals surface area contributed by atoms with E-state index < -0.39 is 30.2 Å². The lowest BCUT2D eigenvalue weighted by Gasteiger charge is -2.19. The first-order chi connectivity index (χ1) is 14.1. The van der Waals surface area contributed by atoms with Crippen LogP contribution in [-0.2, 0) is 14.3 Å². The Labute approximate surface area is 175 Å². The van der Waals surface area contributed by atoms with Gasteiger partial charge in [0, 0.05) is 5.69 Å². The lowest BCUT2D eigenvalue weighted by atomic mass is 10.2. The zero-order valence-corrected chi connectivity index (χ0v) is 17.7. The molecular formula is C22H26N2O6. The topological polar surface area (TPSA) is 103 Å². The molecule has 30 heavy (non-hydrogen) atoms. The number of ether oxygens (including phenoxy) is 3. The van der Waals surface area contributed by atoms with Gasteiger partial charge in [-0.2, -0.15) is 0 Å². The molecule has 8 heteroatoms. The molecule has 0 heterocycles. The van der Waals surface area contributed by atoms with E-state index in [0.29, 0.717) is 17.1 Å². The number of anilines is 2. The Bertz CT molecular complexity index is 933. The molecule has 2 aromatic carbocycles. The average molecular weight is 414 g/mol. The number of carbonyl (C=O) groups excluding carboxylic acids is 3. The van der Waals surface area contributed by atoms with Crippen LogP contribution in [0.1, 0.15) is 36.7 Å². The van der Waals surface area contributed by atoms with Crippen molar-refractivity contribution in [2.45, 2.75) is 33.3 Å². The fourth-order valence-electron chi connectivity index (χ4n) is 2.47. The van der Waals surface area contributed by atoms with Gasteiger partial charge in [0.25, 0.3) is 5.91 Å². The van der Waals surface area contributed by atoms with Crippen LogP contribution >= 0.6 is 0 Å². The third-order valence-electron chi connectivity index (χ3n) is 3.71. The maximum atomic E-state index is 12.3. The van der Waals surface area contributed by atoms with Gasteiger partial charge in [0.15, 0.2) is 6.61 Å². The zero-order valence-electron chi connectivity index (χ0n) is 17.7. The Kier molecular flexibility index (Phi) is 7.41. The second-order valence-corrected chi connectivity index (χ2v) is 7.54. The summed E-state index contributed by atoms with van der Waals surface area (Å²) in [5.41, 5.74) is 1.34. The standard InChI is InChI=1S/C22H26N2O6/c1-14-9-10-18(28-5)17(11-14)24-19(25)13-29-20(26)15-7-6-8-16(12-15)23-21(27)30-22(2,3)4/h6-12H,13H2,1-5H3,(H,23,27)(H,24,25). The molecule has 0 atom stereocenters. The molecular weight excluding hydrogens is 388 g/mol. The third kappa shape index (κ3) is 7.12. The highest BCUT2D eigenvalue weighted by Gasteiger charge is 2.17. The molecule has 2 amide bonds. The molecule has 0 aliphatic heterocycles. The van der Waals surface area contributed by atoms with E-state index >= 15 is 0 Å². The normalized spacial score (nSPS) is 10.7. The Morgan fingerprint density at radius 1 is 1.00 bits per heavy atom. The second-order valence-electron chi connectivity index (χ2n) is 7.54. The van der Waals surface area contributed by atoms with Crippen molar-refractivity contribution >= 4 is 29.3 Å². The molecule has 0 unspecified atom stereocenters. The van der Waals surface area contributed by atoms with Gasteiger partial charge in [0.1, 0.15) is 11.4 Å². The molecule has 0 bridgehead atoms. The number of aryl methyl sites for hydroxylation is 1.